The maximum Gasteiger partial charge on any atom is 0.251 e. The lowest BCUT2D eigenvalue weighted by molar-refractivity contribution is 0.0521. The molecule has 0 saturated carbocycles. The van der Waals surface area contributed by atoms with Gasteiger partial charge in [0.15, 0.2) is 11.5 Å². The molecule has 1 saturated heterocycles. The number of methoxy groups -OCH3 is 2. The van der Waals surface area contributed by atoms with Crippen LogP contribution in [-0.4, -0.2) is 74.7 Å². The Labute approximate surface area is 151 Å². The Balaban J connectivity index is 1.94. The molecule has 1 aliphatic rings. The van der Waals surface area contributed by atoms with Gasteiger partial charge in [0.05, 0.1) is 14.2 Å². The van der Waals surface area contributed by atoms with Gasteiger partial charge in [-0.2, -0.15) is 0 Å². The first-order chi connectivity index (χ1) is 11.9. The zero-order valence-electron chi connectivity index (χ0n) is 16.1. The summed E-state index contributed by atoms with van der Waals surface area (Å²) in [4.78, 5) is 17.4. The summed E-state index contributed by atoms with van der Waals surface area (Å²) in [6, 6.07) is 5.22. The second-order valence-electron chi connectivity index (χ2n) is 6.99. The molecule has 0 aliphatic carbocycles. The van der Waals surface area contributed by atoms with Crippen LogP contribution >= 0.6 is 0 Å². The van der Waals surface area contributed by atoms with Crippen LogP contribution < -0.4 is 14.8 Å². The lowest BCUT2D eigenvalue weighted by atomic mass is 10.0. The van der Waals surface area contributed by atoms with E-state index < -0.39 is 0 Å². The molecular formula is C19H31N3O3. The zero-order chi connectivity index (χ0) is 18.4. The quantitative estimate of drug-likeness (QED) is 0.814. The van der Waals surface area contributed by atoms with E-state index in [0.717, 1.165) is 32.7 Å². The van der Waals surface area contributed by atoms with Gasteiger partial charge in [-0.1, -0.05) is 6.92 Å². The second-order valence-corrected chi connectivity index (χ2v) is 6.99. The van der Waals surface area contributed by atoms with E-state index in [2.05, 4.69) is 35.9 Å². The van der Waals surface area contributed by atoms with Crippen molar-refractivity contribution in [3.8, 4) is 11.5 Å². The summed E-state index contributed by atoms with van der Waals surface area (Å²) >= 11 is 0. The highest BCUT2D eigenvalue weighted by atomic mass is 16.5. The van der Waals surface area contributed by atoms with E-state index >= 15 is 0 Å². The van der Waals surface area contributed by atoms with Gasteiger partial charge in [0, 0.05) is 43.8 Å². The number of ether oxygens (including phenoxy) is 2. The first-order valence-corrected chi connectivity index (χ1v) is 8.89. The molecule has 2 rings (SSSR count). The summed E-state index contributed by atoms with van der Waals surface area (Å²) in [5.74, 6) is 1.08. The van der Waals surface area contributed by atoms with Crippen LogP contribution in [0.2, 0.25) is 0 Å². The normalized spacial score (nSPS) is 16.5. The standard InChI is InChI=1S/C19H31N3O3/c1-6-21-9-11-22(12-10-21)19(2,3)14-20-18(23)15-7-8-16(24-4)17(13-15)25-5/h7-8,13H,6,9-12,14H2,1-5H3,(H,20,23). The number of amides is 1. The largest absolute Gasteiger partial charge is 0.493 e. The van der Waals surface area contributed by atoms with E-state index in [-0.39, 0.29) is 11.4 Å². The minimum absolute atomic E-state index is 0.0773. The molecule has 1 heterocycles. The minimum Gasteiger partial charge on any atom is -0.493 e. The molecular weight excluding hydrogens is 318 g/mol. The fraction of sp³-hybridized carbons (Fsp3) is 0.632. The first-order valence-electron chi connectivity index (χ1n) is 8.89. The van der Waals surface area contributed by atoms with Gasteiger partial charge in [0.2, 0.25) is 0 Å². The number of hydrogen-bond donors (Lipinski definition) is 1. The van der Waals surface area contributed by atoms with Crippen LogP contribution in [0.5, 0.6) is 11.5 Å². The van der Waals surface area contributed by atoms with E-state index in [9.17, 15) is 4.79 Å². The van der Waals surface area contributed by atoms with Gasteiger partial charge in [0.1, 0.15) is 0 Å². The number of carbonyl (C=O) groups excluding carboxylic acids is 1. The lowest BCUT2D eigenvalue weighted by Gasteiger charge is -2.44. The van der Waals surface area contributed by atoms with Crippen molar-refractivity contribution in [3.05, 3.63) is 23.8 Å². The van der Waals surface area contributed by atoms with Crippen molar-refractivity contribution in [2.75, 3.05) is 53.5 Å². The molecule has 140 valence electrons. The third-order valence-electron chi connectivity index (χ3n) is 5.00. The summed E-state index contributed by atoms with van der Waals surface area (Å²) in [5.41, 5.74) is 0.496. The van der Waals surface area contributed by atoms with E-state index in [1.807, 2.05) is 0 Å². The lowest BCUT2D eigenvalue weighted by Crippen LogP contribution is -2.58. The van der Waals surface area contributed by atoms with Gasteiger partial charge in [-0.05, 0) is 38.6 Å². The second kappa shape index (κ2) is 8.54. The van der Waals surface area contributed by atoms with Crippen molar-refractivity contribution in [2.24, 2.45) is 0 Å². The Kier molecular flexibility index (Phi) is 6.67. The van der Waals surface area contributed by atoms with E-state index in [4.69, 9.17) is 9.47 Å². The first kappa shape index (κ1) is 19.5. The maximum atomic E-state index is 12.5. The predicted octanol–water partition coefficient (Wildman–Crippen LogP) is 1.85. The Morgan fingerprint density at radius 2 is 1.76 bits per heavy atom. The van der Waals surface area contributed by atoms with E-state index in [1.54, 1.807) is 32.4 Å². The highest BCUT2D eigenvalue weighted by molar-refractivity contribution is 5.94. The number of likely N-dealkylation sites (N-methyl/N-ethyl adjacent to an activating group) is 1. The highest BCUT2D eigenvalue weighted by Gasteiger charge is 2.30. The number of hydrogen-bond acceptors (Lipinski definition) is 5. The molecule has 0 radical (unpaired) electrons. The van der Waals surface area contributed by atoms with Crippen LogP contribution in [0.3, 0.4) is 0 Å². The summed E-state index contributed by atoms with van der Waals surface area (Å²) in [6.07, 6.45) is 0. The van der Waals surface area contributed by atoms with Crippen molar-refractivity contribution in [1.82, 2.24) is 15.1 Å². The Bertz CT molecular complexity index is 581. The molecule has 25 heavy (non-hydrogen) atoms. The van der Waals surface area contributed by atoms with Crippen molar-refractivity contribution < 1.29 is 14.3 Å². The summed E-state index contributed by atoms with van der Waals surface area (Å²) in [5, 5.41) is 3.06. The number of rotatable bonds is 7. The molecule has 1 aromatic carbocycles. The van der Waals surface area contributed by atoms with Crippen LogP contribution in [-0.2, 0) is 0 Å². The minimum atomic E-state index is -0.0961. The van der Waals surface area contributed by atoms with Crippen LogP contribution in [0.25, 0.3) is 0 Å². The highest BCUT2D eigenvalue weighted by Crippen LogP contribution is 2.27. The molecule has 1 N–H and O–H groups in total. The van der Waals surface area contributed by atoms with Gasteiger partial charge < -0.3 is 19.7 Å². The molecule has 6 heteroatoms. The topological polar surface area (TPSA) is 54.0 Å². The molecule has 0 atom stereocenters. The smallest absolute Gasteiger partial charge is 0.251 e. The number of carbonyl (C=O) groups is 1. The molecule has 1 aliphatic heterocycles. The fourth-order valence-electron chi connectivity index (χ4n) is 3.16. The summed E-state index contributed by atoms with van der Waals surface area (Å²) in [7, 11) is 3.15. The summed E-state index contributed by atoms with van der Waals surface area (Å²) < 4.78 is 10.5. The monoisotopic (exact) mass is 349 g/mol. The van der Waals surface area contributed by atoms with Gasteiger partial charge in [-0.3, -0.25) is 9.69 Å². The number of nitrogens with one attached hydrogen (secondary N) is 1. The maximum absolute atomic E-state index is 12.5. The van der Waals surface area contributed by atoms with E-state index in [0.29, 0.717) is 23.6 Å². The Hall–Kier alpha value is -1.79. The van der Waals surface area contributed by atoms with Gasteiger partial charge in [-0.15, -0.1) is 0 Å². The van der Waals surface area contributed by atoms with E-state index in [1.165, 1.54) is 0 Å². The van der Waals surface area contributed by atoms with Crippen LogP contribution in [0.4, 0.5) is 0 Å². The third-order valence-corrected chi connectivity index (χ3v) is 5.00. The average Bonchev–Trinajstić information content (AvgIpc) is 2.65. The van der Waals surface area contributed by atoms with Crippen molar-refractivity contribution in [1.29, 1.82) is 0 Å². The van der Waals surface area contributed by atoms with Crippen molar-refractivity contribution in [2.45, 2.75) is 26.3 Å². The van der Waals surface area contributed by atoms with Crippen molar-refractivity contribution >= 4 is 5.91 Å². The SMILES string of the molecule is CCN1CCN(C(C)(C)CNC(=O)c2ccc(OC)c(OC)c2)CC1. The molecule has 0 bridgehead atoms. The van der Waals surface area contributed by atoms with Crippen LogP contribution in [0.15, 0.2) is 18.2 Å². The fourth-order valence-corrected chi connectivity index (χ4v) is 3.16. The van der Waals surface area contributed by atoms with Crippen LogP contribution in [0, 0.1) is 0 Å². The molecule has 1 amide bonds. The van der Waals surface area contributed by atoms with Gasteiger partial charge in [-0.25, -0.2) is 0 Å². The molecule has 0 aromatic heterocycles. The van der Waals surface area contributed by atoms with Crippen molar-refractivity contribution in [3.63, 3.8) is 0 Å². The molecule has 6 nitrogen and oxygen atoms in total. The zero-order valence-corrected chi connectivity index (χ0v) is 16.1. The number of benzene rings is 1. The number of piperazine rings is 1. The van der Waals surface area contributed by atoms with Gasteiger partial charge >= 0.3 is 0 Å². The predicted molar refractivity (Wildman–Crippen MR) is 99.6 cm³/mol. The molecule has 1 aromatic rings. The molecule has 1 fully saturated rings. The Morgan fingerprint density at radius 1 is 1.12 bits per heavy atom. The average molecular weight is 349 g/mol. The summed E-state index contributed by atoms with van der Waals surface area (Å²) in [6.45, 7) is 12.5. The third kappa shape index (κ3) is 4.86. The number of nitrogens with zero attached hydrogens (tertiary/aromatic N) is 2. The Morgan fingerprint density at radius 3 is 2.32 bits per heavy atom. The molecule has 0 unspecified atom stereocenters. The van der Waals surface area contributed by atoms with Crippen LogP contribution in [0.1, 0.15) is 31.1 Å². The molecule has 0 spiro atoms. The van der Waals surface area contributed by atoms with Gasteiger partial charge in [0.25, 0.3) is 5.91 Å².